The van der Waals surface area contributed by atoms with Gasteiger partial charge in [-0.3, -0.25) is 10.1 Å². The molecule has 0 N–H and O–H groups in total. The highest BCUT2D eigenvalue weighted by Crippen LogP contribution is 2.29. The van der Waals surface area contributed by atoms with Crippen LogP contribution >= 0.6 is 0 Å². The van der Waals surface area contributed by atoms with Gasteiger partial charge in [0.1, 0.15) is 5.82 Å². The molecule has 23 heavy (non-hydrogen) atoms. The predicted octanol–water partition coefficient (Wildman–Crippen LogP) is 1.06. The molecule has 2 aromatic heterocycles. The van der Waals surface area contributed by atoms with Gasteiger partial charge in [-0.25, -0.2) is 4.98 Å². The van der Waals surface area contributed by atoms with Crippen molar-refractivity contribution in [3.8, 4) is 0 Å². The highest BCUT2D eigenvalue weighted by atomic mass is 16.6. The highest BCUT2D eigenvalue weighted by molar-refractivity contribution is 5.62. The Labute approximate surface area is 133 Å². The van der Waals surface area contributed by atoms with Crippen molar-refractivity contribution in [2.45, 2.75) is 13.8 Å². The van der Waals surface area contributed by atoms with Crippen molar-refractivity contribution in [3.63, 3.8) is 0 Å². The molecule has 0 aromatic carbocycles. The number of hydrogen-bond donors (Lipinski definition) is 0. The van der Waals surface area contributed by atoms with E-state index in [1.807, 2.05) is 23.4 Å². The lowest BCUT2D eigenvalue weighted by atomic mass is 10.2. The molecule has 3 heterocycles. The van der Waals surface area contributed by atoms with Crippen LogP contribution in [0.3, 0.4) is 0 Å². The van der Waals surface area contributed by atoms with E-state index in [-0.39, 0.29) is 10.6 Å². The van der Waals surface area contributed by atoms with Crippen molar-refractivity contribution in [1.82, 2.24) is 19.7 Å². The van der Waals surface area contributed by atoms with Gasteiger partial charge >= 0.3 is 5.69 Å². The van der Waals surface area contributed by atoms with E-state index in [0.717, 1.165) is 24.9 Å². The maximum absolute atomic E-state index is 11.3. The molecule has 0 unspecified atom stereocenters. The second kappa shape index (κ2) is 5.82. The number of hydrogen-bond acceptors (Lipinski definition) is 7. The van der Waals surface area contributed by atoms with Crippen LogP contribution in [0.4, 0.5) is 17.5 Å². The van der Waals surface area contributed by atoms with Gasteiger partial charge < -0.3 is 14.4 Å². The average molecular weight is 317 g/mol. The van der Waals surface area contributed by atoms with Gasteiger partial charge in [-0.05, 0) is 19.9 Å². The lowest BCUT2D eigenvalue weighted by Crippen LogP contribution is -2.47. The van der Waals surface area contributed by atoms with E-state index in [1.54, 1.807) is 19.2 Å². The summed E-state index contributed by atoms with van der Waals surface area (Å²) in [6.45, 7) is 6.40. The summed E-state index contributed by atoms with van der Waals surface area (Å²) in [6.07, 6.45) is 1.62. The van der Waals surface area contributed by atoms with Gasteiger partial charge in [0.25, 0.3) is 0 Å². The summed E-state index contributed by atoms with van der Waals surface area (Å²) in [7, 11) is 1.93. The molecule has 0 aliphatic carbocycles. The Morgan fingerprint density at radius 1 is 1.13 bits per heavy atom. The summed E-state index contributed by atoms with van der Waals surface area (Å²) in [5, 5.41) is 19.6. The number of nitro groups is 1. The molecule has 122 valence electrons. The Hall–Kier alpha value is -2.71. The molecule has 1 aliphatic heterocycles. The molecular formula is C14H19N7O2. The number of pyridine rings is 1. The zero-order valence-corrected chi connectivity index (χ0v) is 13.4. The minimum Gasteiger partial charge on any atom is -0.347 e. The zero-order chi connectivity index (χ0) is 16.6. The van der Waals surface area contributed by atoms with E-state index in [9.17, 15) is 10.1 Å². The third kappa shape index (κ3) is 2.69. The molecule has 0 bridgehead atoms. The monoisotopic (exact) mass is 317 g/mol. The third-order valence-corrected chi connectivity index (χ3v) is 4.22. The maximum Gasteiger partial charge on any atom is 0.314 e. The fourth-order valence-electron chi connectivity index (χ4n) is 2.78. The fraction of sp³-hybridized carbons (Fsp3) is 0.500. The molecule has 9 heteroatoms. The first-order valence-corrected chi connectivity index (χ1v) is 7.45. The number of anilines is 2. The Balaban J connectivity index is 1.79. The van der Waals surface area contributed by atoms with Crippen molar-refractivity contribution in [2.75, 3.05) is 36.0 Å². The Morgan fingerprint density at radius 2 is 1.78 bits per heavy atom. The van der Waals surface area contributed by atoms with E-state index in [4.69, 9.17) is 0 Å². The van der Waals surface area contributed by atoms with Crippen molar-refractivity contribution < 1.29 is 4.92 Å². The molecular weight excluding hydrogens is 298 g/mol. The van der Waals surface area contributed by atoms with Crippen LogP contribution in [0.15, 0.2) is 12.3 Å². The first-order chi connectivity index (χ1) is 11.0. The summed E-state index contributed by atoms with van der Waals surface area (Å²) in [6, 6.07) is 1.67. The fourth-order valence-corrected chi connectivity index (χ4v) is 2.78. The van der Waals surface area contributed by atoms with Crippen LogP contribution in [0.5, 0.6) is 0 Å². The van der Waals surface area contributed by atoms with E-state index in [0.29, 0.717) is 24.5 Å². The lowest BCUT2D eigenvalue weighted by molar-refractivity contribution is -0.384. The molecule has 0 amide bonds. The summed E-state index contributed by atoms with van der Waals surface area (Å²) in [5.41, 5.74) is 0.724. The van der Waals surface area contributed by atoms with E-state index in [1.165, 1.54) is 0 Å². The quantitative estimate of drug-likeness (QED) is 0.617. The molecule has 0 radical (unpaired) electrons. The molecule has 3 rings (SSSR count). The molecule has 2 aromatic rings. The van der Waals surface area contributed by atoms with Crippen molar-refractivity contribution in [3.05, 3.63) is 33.8 Å². The standard InChI is InChI=1S/C14H19N7O2/c1-10-4-5-15-13(12(10)21(22)23)19-6-8-20(9-7-19)14-17-16-11(2)18(14)3/h4-5H,6-9H2,1-3H3. The van der Waals surface area contributed by atoms with Crippen LogP contribution in [0, 0.1) is 24.0 Å². The van der Waals surface area contributed by atoms with Crippen LogP contribution in [-0.2, 0) is 7.05 Å². The van der Waals surface area contributed by atoms with Gasteiger partial charge in [-0.2, -0.15) is 0 Å². The summed E-state index contributed by atoms with van der Waals surface area (Å²) < 4.78 is 1.95. The van der Waals surface area contributed by atoms with Crippen molar-refractivity contribution >= 4 is 17.5 Å². The Bertz CT molecular complexity index is 735. The SMILES string of the molecule is Cc1ccnc(N2CCN(c3nnc(C)n3C)CC2)c1[N+](=O)[O-]. The van der Waals surface area contributed by atoms with E-state index in [2.05, 4.69) is 20.1 Å². The average Bonchev–Trinajstić information content (AvgIpc) is 2.86. The van der Waals surface area contributed by atoms with Gasteiger partial charge in [0.15, 0.2) is 0 Å². The van der Waals surface area contributed by atoms with Crippen LogP contribution < -0.4 is 9.80 Å². The van der Waals surface area contributed by atoms with Crippen molar-refractivity contribution in [1.29, 1.82) is 0 Å². The first kappa shape index (κ1) is 15.2. The van der Waals surface area contributed by atoms with Crippen LogP contribution in [0.2, 0.25) is 0 Å². The first-order valence-electron chi connectivity index (χ1n) is 7.45. The van der Waals surface area contributed by atoms with Gasteiger partial charge in [0.05, 0.1) is 4.92 Å². The van der Waals surface area contributed by atoms with Crippen LogP contribution in [0.25, 0.3) is 0 Å². The molecule has 0 spiro atoms. The number of aromatic nitrogens is 4. The van der Waals surface area contributed by atoms with E-state index < -0.39 is 0 Å². The summed E-state index contributed by atoms with van der Waals surface area (Å²) in [4.78, 5) is 19.3. The van der Waals surface area contributed by atoms with Crippen LogP contribution in [0.1, 0.15) is 11.4 Å². The molecule has 0 atom stereocenters. The minimum atomic E-state index is -0.351. The minimum absolute atomic E-state index is 0.0930. The number of aryl methyl sites for hydroxylation is 2. The lowest BCUT2D eigenvalue weighted by Gasteiger charge is -2.35. The third-order valence-electron chi connectivity index (χ3n) is 4.22. The largest absolute Gasteiger partial charge is 0.347 e. The summed E-state index contributed by atoms with van der Waals surface area (Å²) >= 11 is 0. The van der Waals surface area contributed by atoms with Crippen LogP contribution in [-0.4, -0.2) is 50.9 Å². The molecule has 1 fully saturated rings. The summed E-state index contributed by atoms with van der Waals surface area (Å²) in [5.74, 6) is 2.14. The molecule has 0 saturated carbocycles. The smallest absolute Gasteiger partial charge is 0.314 e. The molecule has 1 aliphatic rings. The van der Waals surface area contributed by atoms with Gasteiger partial charge in [-0.1, -0.05) is 0 Å². The predicted molar refractivity (Wildman–Crippen MR) is 85.8 cm³/mol. The maximum atomic E-state index is 11.3. The Kier molecular flexibility index (Phi) is 3.85. The normalized spacial score (nSPS) is 15.1. The van der Waals surface area contributed by atoms with E-state index >= 15 is 0 Å². The van der Waals surface area contributed by atoms with Gasteiger partial charge in [-0.15, -0.1) is 10.2 Å². The van der Waals surface area contributed by atoms with Crippen molar-refractivity contribution in [2.24, 2.45) is 7.05 Å². The molecule has 1 saturated heterocycles. The second-order valence-electron chi connectivity index (χ2n) is 5.64. The highest BCUT2D eigenvalue weighted by Gasteiger charge is 2.27. The van der Waals surface area contributed by atoms with Gasteiger partial charge in [0, 0.05) is 45.0 Å². The number of rotatable bonds is 3. The zero-order valence-electron chi connectivity index (χ0n) is 13.4. The van der Waals surface area contributed by atoms with Gasteiger partial charge in [0.2, 0.25) is 11.8 Å². The molecule has 9 nitrogen and oxygen atoms in total. The number of nitrogens with zero attached hydrogens (tertiary/aromatic N) is 7. The second-order valence-corrected chi connectivity index (χ2v) is 5.64. The number of piperazine rings is 1. The topological polar surface area (TPSA) is 93.2 Å². The Morgan fingerprint density at radius 3 is 2.35 bits per heavy atom.